The highest BCUT2D eigenvalue weighted by molar-refractivity contribution is 5.49. The zero-order valence-electron chi connectivity index (χ0n) is 21.7. The summed E-state index contributed by atoms with van der Waals surface area (Å²) < 4.78 is 0. The Kier molecular flexibility index (Phi) is 7.93. The molecule has 182 valence electrons. The summed E-state index contributed by atoms with van der Waals surface area (Å²) in [6, 6.07) is 11.5. The van der Waals surface area contributed by atoms with E-state index in [1.165, 1.54) is 108 Å². The molecule has 0 radical (unpaired) electrons. The Labute approximate surface area is 209 Å². The number of hydrogen-bond donors (Lipinski definition) is 0. The van der Waals surface area contributed by atoms with Crippen molar-refractivity contribution in [2.45, 2.75) is 115 Å². The van der Waals surface area contributed by atoms with Gasteiger partial charge in [0.25, 0.3) is 0 Å². The minimum Gasteiger partial charge on any atom is -0.0732 e. The molecule has 5 rings (SSSR count). The third-order valence-corrected chi connectivity index (χ3v) is 9.41. The van der Waals surface area contributed by atoms with E-state index in [1.807, 2.05) is 0 Å². The van der Waals surface area contributed by atoms with E-state index in [-0.39, 0.29) is 5.41 Å². The lowest BCUT2D eigenvalue weighted by atomic mass is 9.64. The van der Waals surface area contributed by atoms with E-state index in [0.29, 0.717) is 11.8 Å². The van der Waals surface area contributed by atoms with E-state index in [2.05, 4.69) is 61.6 Å². The van der Waals surface area contributed by atoms with Crippen LogP contribution in [0.2, 0.25) is 0 Å². The molecule has 1 unspecified atom stereocenters. The van der Waals surface area contributed by atoms with Crippen LogP contribution in [0.5, 0.6) is 0 Å². The lowest BCUT2D eigenvalue weighted by Gasteiger charge is -2.39. The highest BCUT2D eigenvalue weighted by Gasteiger charge is 2.43. The van der Waals surface area contributed by atoms with Gasteiger partial charge in [-0.05, 0) is 79.2 Å². The van der Waals surface area contributed by atoms with E-state index < -0.39 is 0 Å². The average Bonchev–Trinajstić information content (AvgIpc) is 3.43. The number of hydrogen-bond acceptors (Lipinski definition) is 0. The van der Waals surface area contributed by atoms with Crippen molar-refractivity contribution in [2.24, 2.45) is 11.8 Å². The molecule has 0 bridgehead atoms. The predicted molar refractivity (Wildman–Crippen MR) is 147 cm³/mol. The quantitative estimate of drug-likeness (QED) is 0.426. The topological polar surface area (TPSA) is 0 Å². The molecule has 0 nitrogen and oxygen atoms in total. The minimum atomic E-state index is 0.0866. The predicted octanol–water partition coefficient (Wildman–Crippen LogP) is 10.2. The number of fused-ring (bicyclic) bond motifs is 2. The van der Waals surface area contributed by atoms with E-state index in [4.69, 9.17) is 0 Å². The van der Waals surface area contributed by atoms with Gasteiger partial charge >= 0.3 is 0 Å². The maximum absolute atomic E-state index is 2.71. The van der Waals surface area contributed by atoms with Gasteiger partial charge < -0.3 is 0 Å². The molecule has 0 heterocycles. The van der Waals surface area contributed by atoms with E-state index in [9.17, 15) is 0 Å². The smallest absolute Gasteiger partial charge is 0.0120 e. The Morgan fingerprint density at radius 2 is 0.794 bits per heavy atom. The van der Waals surface area contributed by atoms with Gasteiger partial charge in [-0.3, -0.25) is 0 Å². The molecule has 0 saturated heterocycles. The van der Waals surface area contributed by atoms with Crippen LogP contribution in [0.25, 0.3) is 0 Å². The maximum atomic E-state index is 2.71. The monoisotopic (exact) mass is 454 g/mol. The average molecular weight is 455 g/mol. The maximum Gasteiger partial charge on any atom is 0.0120 e. The molecule has 0 aromatic heterocycles. The van der Waals surface area contributed by atoms with Gasteiger partial charge in [-0.2, -0.15) is 0 Å². The molecule has 4 aliphatic carbocycles. The van der Waals surface area contributed by atoms with Crippen molar-refractivity contribution in [1.82, 2.24) is 0 Å². The van der Waals surface area contributed by atoms with Crippen LogP contribution < -0.4 is 0 Å². The second kappa shape index (κ2) is 11.3. The van der Waals surface area contributed by atoms with Crippen molar-refractivity contribution in [1.29, 1.82) is 0 Å². The lowest BCUT2D eigenvalue weighted by Crippen LogP contribution is -2.36. The van der Waals surface area contributed by atoms with Crippen LogP contribution in [0.1, 0.15) is 115 Å². The summed E-state index contributed by atoms with van der Waals surface area (Å²) in [4.78, 5) is 0. The number of allylic oxidation sites excluding steroid dienone is 8. The van der Waals surface area contributed by atoms with Gasteiger partial charge in [0.15, 0.2) is 0 Å². The Bertz CT molecular complexity index is 888. The SMILES string of the molecule is CC(c1ccccc1)(C1C=C2CCCCCCCCCCC2=C1)C1C=C2CCCCCCC2=C1. The summed E-state index contributed by atoms with van der Waals surface area (Å²) in [7, 11) is 0. The Hall–Kier alpha value is -1.82. The molecule has 4 aliphatic rings. The normalized spacial score (nSPS) is 25.2. The van der Waals surface area contributed by atoms with Gasteiger partial charge in [0.1, 0.15) is 0 Å². The molecule has 1 aromatic rings. The Morgan fingerprint density at radius 1 is 0.471 bits per heavy atom. The first kappa shape index (κ1) is 23.9. The molecule has 2 fully saturated rings. The van der Waals surface area contributed by atoms with Gasteiger partial charge in [0.2, 0.25) is 0 Å². The fraction of sp³-hybridized carbons (Fsp3) is 0.588. The molecule has 0 heteroatoms. The van der Waals surface area contributed by atoms with Crippen molar-refractivity contribution in [2.75, 3.05) is 0 Å². The fourth-order valence-electron chi connectivity index (χ4n) is 7.14. The number of rotatable bonds is 3. The Morgan fingerprint density at radius 3 is 1.15 bits per heavy atom. The van der Waals surface area contributed by atoms with Crippen molar-refractivity contribution >= 4 is 0 Å². The third kappa shape index (κ3) is 5.22. The zero-order chi connectivity index (χ0) is 23.2. The summed E-state index contributed by atoms with van der Waals surface area (Å²) in [5.41, 5.74) is 8.34. The molecular weight excluding hydrogens is 408 g/mol. The van der Waals surface area contributed by atoms with Gasteiger partial charge in [-0.1, -0.05) is 113 Å². The lowest BCUT2D eigenvalue weighted by molar-refractivity contribution is 0.344. The standard InChI is InChI=1S/C34H46/c1-34(31-21-15-10-16-22-31,33-25-29-19-13-8-9-14-20-30(29)26-33)32-23-27-17-11-6-4-2-3-5-7-12-18-28(27)24-32/h10,15-16,21-26,32-33H,2-9,11-14,17-20H2,1H3. The largest absolute Gasteiger partial charge is 0.0732 e. The van der Waals surface area contributed by atoms with Crippen LogP contribution in [-0.4, -0.2) is 0 Å². The van der Waals surface area contributed by atoms with E-state index in [1.54, 1.807) is 22.3 Å². The summed E-state index contributed by atoms with van der Waals surface area (Å²) in [5, 5.41) is 0. The van der Waals surface area contributed by atoms with Crippen molar-refractivity contribution in [3.05, 3.63) is 82.5 Å². The molecule has 34 heavy (non-hydrogen) atoms. The highest BCUT2D eigenvalue weighted by Crippen LogP contribution is 2.50. The fourth-order valence-corrected chi connectivity index (χ4v) is 7.14. The van der Waals surface area contributed by atoms with E-state index >= 15 is 0 Å². The summed E-state index contributed by atoms with van der Waals surface area (Å²) in [5.74, 6) is 0.992. The highest BCUT2D eigenvalue weighted by atomic mass is 14.5. The van der Waals surface area contributed by atoms with E-state index in [0.717, 1.165) is 0 Å². The molecule has 1 atom stereocenters. The second-order valence-corrected chi connectivity index (χ2v) is 11.7. The molecule has 0 spiro atoms. The minimum absolute atomic E-state index is 0.0866. The van der Waals surface area contributed by atoms with Crippen LogP contribution in [0.4, 0.5) is 0 Å². The summed E-state index contributed by atoms with van der Waals surface area (Å²) >= 11 is 0. The first-order valence-electron chi connectivity index (χ1n) is 14.6. The first-order chi connectivity index (χ1) is 16.7. The molecule has 0 amide bonds. The van der Waals surface area contributed by atoms with Crippen LogP contribution in [0.15, 0.2) is 76.9 Å². The van der Waals surface area contributed by atoms with Gasteiger partial charge in [-0.15, -0.1) is 0 Å². The van der Waals surface area contributed by atoms with Crippen LogP contribution >= 0.6 is 0 Å². The van der Waals surface area contributed by atoms with Crippen LogP contribution in [0, 0.1) is 11.8 Å². The van der Waals surface area contributed by atoms with Crippen molar-refractivity contribution in [3.63, 3.8) is 0 Å². The van der Waals surface area contributed by atoms with Gasteiger partial charge in [0.05, 0.1) is 0 Å². The van der Waals surface area contributed by atoms with Crippen molar-refractivity contribution < 1.29 is 0 Å². The second-order valence-electron chi connectivity index (χ2n) is 11.7. The molecule has 0 aliphatic heterocycles. The van der Waals surface area contributed by atoms with Gasteiger partial charge in [0, 0.05) is 17.3 Å². The Balaban J connectivity index is 1.49. The third-order valence-electron chi connectivity index (χ3n) is 9.41. The van der Waals surface area contributed by atoms with Crippen molar-refractivity contribution in [3.8, 4) is 0 Å². The molecule has 2 saturated carbocycles. The first-order valence-corrected chi connectivity index (χ1v) is 14.6. The zero-order valence-corrected chi connectivity index (χ0v) is 21.7. The molecule has 0 N–H and O–H groups in total. The van der Waals surface area contributed by atoms with Crippen LogP contribution in [-0.2, 0) is 5.41 Å². The van der Waals surface area contributed by atoms with Crippen LogP contribution in [0.3, 0.4) is 0 Å². The molecule has 1 aromatic carbocycles. The molecular formula is C34H46. The summed E-state index contributed by atoms with van der Waals surface area (Å²) in [6.07, 6.45) is 32.8. The summed E-state index contributed by atoms with van der Waals surface area (Å²) in [6.45, 7) is 2.58. The number of benzene rings is 1. The van der Waals surface area contributed by atoms with Gasteiger partial charge in [-0.25, -0.2) is 0 Å².